The Hall–Kier alpha value is -1.20. The molecule has 1 aromatic heterocycles. The lowest BCUT2D eigenvalue weighted by Gasteiger charge is -2.23. The van der Waals surface area contributed by atoms with Crippen molar-refractivity contribution in [1.82, 2.24) is 4.57 Å². The summed E-state index contributed by atoms with van der Waals surface area (Å²) in [6.45, 7) is 6.03. The van der Waals surface area contributed by atoms with E-state index in [0.29, 0.717) is 6.42 Å². The van der Waals surface area contributed by atoms with Gasteiger partial charge in [0, 0.05) is 24.9 Å². The van der Waals surface area contributed by atoms with Crippen LogP contribution in [0.5, 0.6) is 0 Å². The first-order valence-electron chi connectivity index (χ1n) is 4.80. The highest BCUT2D eigenvalue weighted by Gasteiger charge is 2.20. The van der Waals surface area contributed by atoms with Crippen molar-refractivity contribution in [1.29, 1.82) is 0 Å². The second-order valence-corrected chi connectivity index (χ2v) is 4.46. The Morgan fingerprint density at radius 1 is 1.29 bits per heavy atom. The van der Waals surface area contributed by atoms with E-state index in [1.807, 2.05) is 45.3 Å². The molecule has 76 valence electrons. The van der Waals surface area contributed by atoms with Crippen LogP contribution in [0, 0.1) is 17.4 Å². The fourth-order valence-electron chi connectivity index (χ4n) is 0.949. The fraction of sp³-hybridized carbons (Fsp3) is 0.500. The summed E-state index contributed by atoms with van der Waals surface area (Å²) in [6, 6.07) is 6.79. The number of rotatable bonds is 1. The van der Waals surface area contributed by atoms with Gasteiger partial charge in [-0.05, 0) is 17.5 Å². The maximum atomic E-state index is 9.70. The Morgan fingerprint density at radius 3 is 2.36 bits per heavy atom. The molecule has 0 aliphatic heterocycles. The number of aliphatic hydroxyl groups excluding tert-OH is 1. The summed E-state index contributed by atoms with van der Waals surface area (Å²) in [5, 5.41) is 9.70. The van der Waals surface area contributed by atoms with E-state index in [9.17, 15) is 5.11 Å². The maximum absolute atomic E-state index is 9.70. The van der Waals surface area contributed by atoms with Crippen LogP contribution in [-0.4, -0.2) is 15.8 Å². The summed E-state index contributed by atoms with van der Waals surface area (Å²) in [4.78, 5) is 0. The van der Waals surface area contributed by atoms with Gasteiger partial charge in [0.25, 0.3) is 0 Å². The standard InChI is InChI=1S/C12H17NO/c1-12(2,3)11(14)7-6-10-13-8-4-5-9-13/h4-5,8-9,11,14H,7H2,1-3H3. The third-order valence-electron chi connectivity index (χ3n) is 2.11. The minimum atomic E-state index is -0.370. The molecule has 0 saturated carbocycles. The molecular formula is C12H17NO. The summed E-state index contributed by atoms with van der Waals surface area (Å²) >= 11 is 0. The highest BCUT2D eigenvalue weighted by Crippen LogP contribution is 2.20. The zero-order chi connectivity index (χ0) is 10.6. The second kappa shape index (κ2) is 4.34. The van der Waals surface area contributed by atoms with E-state index in [1.54, 1.807) is 4.57 Å². The SMILES string of the molecule is CC(C)(C)C(O)CC#Cn1cccc1. The number of hydrogen-bond donors (Lipinski definition) is 1. The van der Waals surface area contributed by atoms with Gasteiger partial charge in [-0.2, -0.15) is 0 Å². The molecule has 0 aliphatic rings. The first-order chi connectivity index (χ1) is 6.50. The molecule has 1 heterocycles. The summed E-state index contributed by atoms with van der Waals surface area (Å²) in [5.74, 6) is 2.96. The molecule has 0 radical (unpaired) electrons. The second-order valence-electron chi connectivity index (χ2n) is 4.46. The lowest BCUT2D eigenvalue weighted by molar-refractivity contribution is 0.0678. The van der Waals surface area contributed by atoms with Gasteiger partial charge in [-0.25, -0.2) is 0 Å². The van der Waals surface area contributed by atoms with Crippen molar-refractivity contribution in [2.75, 3.05) is 0 Å². The van der Waals surface area contributed by atoms with E-state index in [0.717, 1.165) is 0 Å². The highest BCUT2D eigenvalue weighted by molar-refractivity contribution is 5.08. The Kier molecular flexibility index (Phi) is 3.38. The van der Waals surface area contributed by atoms with Crippen molar-refractivity contribution in [3.8, 4) is 12.0 Å². The minimum absolute atomic E-state index is 0.0919. The quantitative estimate of drug-likeness (QED) is 0.676. The van der Waals surface area contributed by atoms with Crippen molar-refractivity contribution in [3.63, 3.8) is 0 Å². The van der Waals surface area contributed by atoms with Crippen LogP contribution in [0.15, 0.2) is 24.5 Å². The van der Waals surface area contributed by atoms with Crippen LogP contribution in [0.1, 0.15) is 27.2 Å². The van der Waals surface area contributed by atoms with E-state index in [2.05, 4.69) is 12.0 Å². The zero-order valence-electron chi connectivity index (χ0n) is 8.99. The lowest BCUT2D eigenvalue weighted by atomic mass is 9.87. The average Bonchev–Trinajstić information content (AvgIpc) is 2.55. The van der Waals surface area contributed by atoms with E-state index >= 15 is 0 Å². The molecular weight excluding hydrogens is 174 g/mol. The molecule has 0 fully saturated rings. The van der Waals surface area contributed by atoms with Crippen molar-refractivity contribution in [2.45, 2.75) is 33.3 Å². The van der Waals surface area contributed by atoms with E-state index in [1.165, 1.54) is 0 Å². The van der Waals surface area contributed by atoms with E-state index in [-0.39, 0.29) is 11.5 Å². The third-order valence-corrected chi connectivity index (χ3v) is 2.11. The lowest BCUT2D eigenvalue weighted by Crippen LogP contribution is -2.25. The monoisotopic (exact) mass is 191 g/mol. The number of hydrogen-bond acceptors (Lipinski definition) is 1. The molecule has 1 rings (SSSR count). The van der Waals surface area contributed by atoms with Crippen LogP contribution in [0.25, 0.3) is 0 Å². The molecule has 14 heavy (non-hydrogen) atoms. The Morgan fingerprint density at radius 2 is 1.86 bits per heavy atom. The zero-order valence-corrected chi connectivity index (χ0v) is 8.99. The van der Waals surface area contributed by atoms with Crippen LogP contribution in [0.3, 0.4) is 0 Å². The summed E-state index contributed by atoms with van der Waals surface area (Å²) in [6.07, 6.45) is 3.92. The van der Waals surface area contributed by atoms with Crippen LogP contribution >= 0.6 is 0 Å². The van der Waals surface area contributed by atoms with Gasteiger partial charge in [0.15, 0.2) is 0 Å². The van der Waals surface area contributed by atoms with Crippen molar-refractivity contribution >= 4 is 0 Å². The normalized spacial score (nSPS) is 13.1. The topological polar surface area (TPSA) is 25.2 Å². The molecule has 1 aromatic rings. The predicted molar refractivity (Wildman–Crippen MR) is 57.7 cm³/mol. The molecule has 0 saturated heterocycles. The number of nitrogens with zero attached hydrogens (tertiary/aromatic N) is 1. The van der Waals surface area contributed by atoms with Gasteiger partial charge in [0.05, 0.1) is 6.10 Å². The van der Waals surface area contributed by atoms with Gasteiger partial charge >= 0.3 is 0 Å². The minimum Gasteiger partial charge on any atom is -0.392 e. The van der Waals surface area contributed by atoms with Gasteiger partial charge in [-0.1, -0.05) is 26.7 Å². The molecule has 2 heteroatoms. The van der Waals surface area contributed by atoms with Gasteiger partial charge in [0.1, 0.15) is 0 Å². The molecule has 0 aromatic carbocycles. The predicted octanol–water partition coefficient (Wildman–Crippen LogP) is 2.09. The van der Waals surface area contributed by atoms with Crippen molar-refractivity contribution < 1.29 is 5.11 Å². The molecule has 1 atom stereocenters. The van der Waals surface area contributed by atoms with Crippen molar-refractivity contribution in [2.24, 2.45) is 5.41 Å². The summed E-state index contributed by atoms with van der Waals surface area (Å²) in [7, 11) is 0. The van der Waals surface area contributed by atoms with Crippen LogP contribution < -0.4 is 0 Å². The van der Waals surface area contributed by atoms with Gasteiger partial charge in [-0.15, -0.1) is 0 Å². The molecule has 0 aliphatic carbocycles. The van der Waals surface area contributed by atoms with Crippen LogP contribution in [-0.2, 0) is 0 Å². The maximum Gasteiger partial charge on any atom is 0.0698 e. The highest BCUT2D eigenvalue weighted by atomic mass is 16.3. The van der Waals surface area contributed by atoms with Gasteiger partial charge in [0.2, 0.25) is 0 Å². The van der Waals surface area contributed by atoms with Crippen molar-refractivity contribution in [3.05, 3.63) is 24.5 Å². The van der Waals surface area contributed by atoms with E-state index in [4.69, 9.17) is 0 Å². The summed E-state index contributed by atoms with van der Waals surface area (Å²) < 4.78 is 1.79. The first kappa shape index (κ1) is 10.9. The first-order valence-corrected chi connectivity index (χ1v) is 4.80. The molecule has 0 bridgehead atoms. The summed E-state index contributed by atoms with van der Waals surface area (Å²) in [5.41, 5.74) is -0.0919. The van der Waals surface area contributed by atoms with Gasteiger partial charge < -0.3 is 5.11 Å². The molecule has 1 unspecified atom stereocenters. The molecule has 2 nitrogen and oxygen atoms in total. The van der Waals surface area contributed by atoms with E-state index < -0.39 is 0 Å². The Bertz CT molecular complexity index is 321. The largest absolute Gasteiger partial charge is 0.392 e. The average molecular weight is 191 g/mol. The van der Waals surface area contributed by atoms with Crippen LogP contribution in [0.4, 0.5) is 0 Å². The molecule has 0 amide bonds. The smallest absolute Gasteiger partial charge is 0.0698 e. The fourth-order valence-corrected chi connectivity index (χ4v) is 0.949. The number of aliphatic hydroxyl groups is 1. The Labute approximate surface area is 85.6 Å². The molecule has 1 N–H and O–H groups in total. The van der Waals surface area contributed by atoms with Crippen LogP contribution in [0.2, 0.25) is 0 Å². The van der Waals surface area contributed by atoms with Gasteiger partial charge in [-0.3, -0.25) is 4.57 Å². The number of aromatic nitrogens is 1. The molecule has 0 spiro atoms. The third kappa shape index (κ3) is 3.27. The Balaban J connectivity index is 2.48.